The lowest BCUT2D eigenvalue weighted by atomic mass is 10.1. The summed E-state index contributed by atoms with van der Waals surface area (Å²) in [6, 6.07) is 6.71. The van der Waals surface area contributed by atoms with Gasteiger partial charge in [0.1, 0.15) is 23.5 Å². The fourth-order valence-electron chi connectivity index (χ4n) is 1.77. The Kier molecular flexibility index (Phi) is 4.17. The Labute approximate surface area is 114 Å². The van der Waals surface area contributed by atoms with Crippen molar-refractivity contribution in [3.05, 3.63) is 51.7 Å². The minimum absolute atomic E-state index is 0.144. The molecule has 0 radical (unpaired) electrons. The average molecular weight is 283 g/mol. The number of rotatable bonds is 4. The van der Waals surface area contributed by atoms with Crippen molar-refractivity contribution in [2.75, 3.05) is 0 Å². The van der Waals surface area contributed by atoms with Gasteiger partial charge in [0.25, 0.3) is 0 Å². The molecule has 1 aromatic carbocycles. The van der Waals surface area contributed by atoms with Crippen molar-refractivity contribution in [1.82, 2.24) is 0 Å². The Hall–Kier alpha value is -1.46. The highest BCUT2D eigenvalue weighted by molar-refractivity contribution is 7.12. The molecule has 0 aliphatic rings. The zero-order valence-electron chi connectivity index (χ0n) is 10.7. The van der Waals surface area contributed by atoms with Crippen molar-refractivity contribution in [2.24, 2.45) is 5.73 Å². The summed E-state index contributed by atoms with van der Waals surface area (Å²) in [7, 11) is 0. The van der Waals surface area contributed by atoms with Gasteiger partial charge in [0.15, 0.2) is 0 Å². The Balaban J connectivity index is 2.26. The van der Waals surface area contributed by atoms with E-state index in [1.165, 1.54) is 0 Å². The molecule has 2 rings (SSSR count). The second-order valence-electron chi connectivity index (χ2n) is 4.45. The average Bonchev–Trinajstić information content (AvgIpc) is 2.70. The van der Waals surface area contributed by atoms with Gasteiger partial charge in [0.05, 0.1) is 0 Å². The van der Waals surface area contributed by atoms with Crippen molar-refractivity contribution >= 4 is 11.3 Å². The molecule has 0 fully saturated rings. The third kappa shape index (κ3) is 3.52. The minimum Gasteiger partial charge on any atom is -0.483 e. The van der Waals surface area contributed by atoms with Crippen LogP contribution in [0, 0.1) is 18.6 Å². The van der Waals surface area contributed by atoms with Gasteiger partial charge in [0, 0.05) is 34.0 Å². The van der Waals surface area contributed by atoms with Gasteiger partial charge < -0.3 is 10.5 Å². The van der Waals surface area contributed by atoms with E-state index in [4.69, 9.17) is 10.5 Å². The maximum Gasteiger partial charge on any atom is 0.148 e. The monoisotopic (exact) mass is 283 g/mol. The van der Waals surface area contributed by atoms with Crippen molar-refractivity contribution in [3.8, 4) is 5.75 Å². The van der Waals surface area contributed by atoms with E-state index in [1.807, 2.05) is 19.1 Å². The number of halogens is 2. The minimum atomic E-state index is -0.666. The zero-order chi connectivity index (χ0) is 14.0. The Morgan fingerprint density at radius 2 is 1.79 bits per heavy atom. The smallest absolute Gasteiger partial charge is 0.148 e. The molecule has 2 unspecified atom stereocenters. The molecular weight excluding hydrogens is 268 g/mol. The number of nitrogens with two attached hydrogens (primary N) is 1. The summed E-state index contributed by atoms with van der Waals surface area (Å²) in [5.41, 5.74) is 5.90. The summed E-state index contributed by atoms with van der Waals surface area (Å²) in [5, 5.41) is 0. The van der Waals surface area contributed by atoms with Crippen LogP contribution in [0.2, 0.25) is 0 Å². The van der Waals surface area contributed by atoms with Gasteiger partial charge in [-0.25, -0.2) is 8.78 Å². The lowest BCUT2D eigenvalue weighted by molar-refractivity contribution is 0.182. The summed E-state index contributed by atoms with van der Waals surface area (Å²) < 4.78 is 31.9. The largest absolute Gasteiger partial charge is 0.483 e. The Morgan fingerprint density at radius 3 is 2.26 bits per heavy atom. The van der Waals surface area contributed by atoms with Gasteiger partial charge in [-0.1, -0.05) is 0 Å². The number of benzene rings is 1. The van der Waals surface area contributed by atoms with E-state index in [0.29, 0.717) is 0 Å². The maximum absolute atomic E-state index is 13.1. The van der Waals surface area contributed by atoms with Gasteiger partial charge in [0.2, 0.25) is 0 Å². The fraction of sp³-hybridized carbons (Fsp3) is 0.286. The predicted octanol–water partition coefficient (Wildman–Crippen LogP) is 3.80. The van der Waals surface area contributed by atoms with E-state index < -0.39 is 17.7 Å². The molecule has 2 N–H and O–H groups in total. The molecule has 2 aromatic rings. The van der Waals surface area contributed by atoms with E-state index in [-0.39, 0.29) is 11.8 Å². The van der Waals surface area contributed by atoms with E-state index in [9.17, 15) is 8.78 Å². The summed E-state index contributed by atoms with van der Waals surface area (Å²) in [5.74, 6) is -1.19. The molecule has 0 spiro atoms. The van der Waals surface area contributed by atoms with E-state index in [2.05, 4.69) is 0 Å². The zero-order valence-corrected chi connectivity index (χ0v) is 11.5. The van der Waals surface area contributed by atoms with Crippen molar-refractivity contribution in [3.63, 3.8) is 0 Å². The second-order valence-corrected chi connectivity index (χ2v) is 5.77. The molecule has 0 saturated carbocycles. The normalized spacial score (nSPS) is 14.2. The number of aryl methyl sites for hydroxylation is 1. The molecule has 1 aromatic heterocycles. The third-order valence-electron chi connectivity index (χ3n) is 2.62. The van der Waals surface area contributed by atoms with Gasteiger partial charge in [-0.2, -0.15) is 0 Å². The van der Waals surface area contributed by atoms with Crippen LogP contribution in [0.25, 0.3) is 0 Å². The molecule has 19 heavy (non-hydrogen) atoms. The highest BCUT2D eigenvalue weighted by atomic mass is 32.1. The van der Waals surface area contributed by atoms with Crippen LogP contribution in [-0.2, 0) is 0 Å². The van der Waals surface area contributed by atoms with Crippen LogP contribution in [-0.4, -0.2) is 6.04 Å². The van der Waals surface area contributed by atoms with Gasteiger partial charge in [-0.3, -0.25) is 0 Å². The summed E-state index contributed by atoms with van der Waals surface area (Å²) in [6.45, 7) is 3.78. The SMILES string of the molecule is Cc1ccc(C(Oc2cc(F)cc(F)c2)C(C)N)s1. The first-order chi connectivity index (χ1) is 8.95. The molecule has 0 aliphatic heterocycles. The van der Waals surface area contributed by atoms with Gasteiger partial charge in [-0.05, 0) is 26.0 Å². The van der Waals surface area contributed by atoms with Crippen molar-refractivity contribution in [1.29, 1.82) is 0 Å². The van der Waals surface area contributed by atoms with Crippen molar-refractivity contribution in [2.45, 2.75) is 26.0 Å². The fourth-order valence-corrected chi connectivity index (χ4v) is 2.80. The molecule has 0 bridgehead atoms. The standard InChI is InChI=1S/C14H15F2NOS/c1-8-3-4-13(19-8)14(9(2)17)18-12-6-10(15)5-11(16)7-12/h3-7,9,14H,17H2,1-2H3. The summed E-state index contributed by atoms with van der Waals surface area (Å²) in [4.78, 5) is 2.08. The Morgan fingerprint density at radius 1 is 1.16 bits per heavy atom. The Bertz CT molecular complexity index is 548. The molecule has 0 amide bonds. The van der Waals surface area contributed by atoms with Crippen LogP contribution in [0.4, 0.5) is 8.78 Å². The van der Waals surface area contributed by atoms with Crippen LogP contribution in [0.1, 0.15) is 22.8 Å². The lowest BCUT2D eigenvalue weighted by Gasteiger charge is -2.21. The van der Waals surface area contributed by atoms with Crippen LogP contribution in [0.15, 0.2) is 30.3 Å². The molecular formula is C14H15F2NOS. The van der Waals surface area contributed by atoms with Crippen LogP contribution in [0.5, 0.6) is 5.75 Å². The highest BCUT2D eigenvalue weighted by Gasteiger charge is 2.20. The summed E-state index contributed by atoms with van der Waals surface area (Å²) >= 11 is 1.56. The van der Waals surface area contributed by atoms with Gasteiger partial charge >= 0.3 is 0 Å². The van der Waals surface area contributed by atoms with E-state index in [0.717, 1.165) is 28.0 Å². The van der Waals surface area contributed by atoms with Gasteiger partial charge in [-0.15, -0.1) is 11.3 Å². The van der Waals surface area contributed by atoms with E-state index in [1.54, 1.807) is 18.3 Å². The molecule has 0 aliphatic carbocycles. The maximum atomic E-state index is 13.1. The first-order valence-corrected chi connectivity index (χ1v) is 6.72. The number of hydrogen-bond donors (Lipinski definition) is 1. The molecule has 5 heteroatoms. The molecule has 0 saturated heterocycles. The number of thiophene rings is 1. The summed E-state index contributed by atoms with van der Waals surface area (Å²) in [6.07, 6.45) is -0.417. The predicted molar refractivity (Wildman–Crippen MR) is 72.4 cm³/mol. The third-order valence-corrected chi connectivity index (χ3v) is 3.68. The number of ether oxygens (including phenoxy) is 1. The van der Waals surface area contributed by atoms with E-state index >= 15 is 0 Å². The van der Waals surface area contributed by atoms with Crippen LogP contribution < -0.4 is 10.5 Å². The number of hydrogen-bond acceptors (Lipinski definition) is 3. The second kappa shape index (κ2) is 5.67. The molecule has 102 valence electrons. The highest BCUT2D eigenvalue weighted by Crippen LogP contribution is 2.30. The first kappa shape index (κ1) is 14.0. The van der Waals surface area contributed by atoms with Crippen LogP contribution in [0.3, 0.4) is 0 Å². The lowest BCUT2D eigenvalue weighted by Crippen LogP contribution is -2.28. The first-order valence-electron chi connectivity index (χ1n) is 5.90. The quantitative estimate of drug-likeness (QED) is 0.926. The molecule has 2 atom stereocenters. The van der Waals surface area contributed by atoms with Crippen LogP contribution >= 0.6 is 11.3 Å². The molecule has 1 heterocycles. The van der Waals surface area contributed by atoms with Crippen molar-refractivity contribution < 1.29 is 13.5 Å². The molecule has 2 nitrogen and oxygen atoms in total. The topological polar surface area (TPSA) is 35.2 Å².